The van der Waals surface area contributed by atoms with Crippen LogP contribution in [0.15, 0.2) is 18.2 Å². The zero-order valence-corrected chi connectivity index (χ0v) is 17.8. The summed E-state index contributed by atoms with van der Waals surface area (Å²) >= 11 is 6.01. The molecular formula is C22H28ClNO5. The summed E-state index contributed by atoms with van der Waals surface area (Å²) in [4.78, 5) is 24.3. The predicted octanol–water partition coefficient (Wildman–Crippen LogP) is 4.56. The normalized spacial score (nSPS) is 32.7. The SMILES string of the molecule is Cc1cc(Cl)ccc1OC(C)(C)C(=O)NC1C2CC3CC1CC(OC(=O)O)(C3)C2. The van der Waals surface area contributed by atoms with Gasteiger partial charge in [0.05, 0.1) is 0 Å². The van der Waals surface area contributed by atoms with Crippen molar-refractivity contribution in [2.45, 2.75) is 70.1 Å². The molecule has 4 aliphatic carbocycles. The maximum Gasteiger partial charge on any atom is 0.506 e. The number of nitrogens with one attached hydrogen (secondary N) is 1. The van der Waals surface area contributed by atoms with Crippen LogP contribution in [-0.4, -0.2) is 34.4 Å². The largest absolute Gasteiger partial charge is 0.506 e. The molecule has 2 unspecified atom stereocenters. The number of carboxylic acid groups (broad SMARTS) is 1. The van der Waals surface area contributed by atoms with Gasteiger partial charge in [-0.15, -0.1) is 0 Å². The molecule has 4 aliphatic rings. The number of benzene rings is 1. The minimum Gasteiger partial charge on any atom is -0.478 e. The Bertz CT molecular complexity index is 822. The van der Waals surface area contributed by atoms with Gasteiger partial charge in [0.1, 0.15) is 11.4 Å². The maximum atomic E-state index is 13.1. The standard InChI is InChI=1S/C22H28ClNO5/c1-12-6-16(23)4-5-17(12)28-21(2,3)19(25)24-18-14-7-13-8-15(18)11-22(9-13,10-14)29-20(26)27/h4-6,13-15,18H,7-11H2,1-3H3,(H,24,25)(H,26,27). The number of ether oxygens (including phenoxy) is 2. The first-order valence-electron chi connectivity index (χ1n) is 10.2. The average molecular weight is 422 g/mol. The molecule has 1 amide bonds. The fourth-order valence-corrected chi connectivity index (χ4v) is 6.10. The van der Waals surface area contributed by atoms with Crippen LogP contribution in [0.1, 0.15) is 51.5 Å². The van der Waals surface area contributed by atoms with E-state index in [2.05, 4.69) is 5.32 Å². The third kappa shape index (κ3) is 3.91. The molecule has 1 aromatic rings. The highest BCUT2D eigenvalue weighted by molar-refractivity contribution is 6.30. The summed E-state index contributed by atoms with van der Waals surface area (Å²) in [6, 6.07) is 5.38. The molecule has 29 heavy (non-hydrogen) atoms. The monoisotopic (exact) mass is 421 g/mol. The fourth-order valence-electron chi connectivity index (χ4n) is 5.87. The first kappa shape index (κ1) is 20.3. The van der Waals surface area contributed by atoms with Crippen LogP contribution in [-0.2, 0) is 9.53 Å². The highest BCUT2D eigenvalue weighted by atomic mass is 35.5. The first-order valence-corrected chi connectivity index (χ1v) is 10.6. The highest BCUT2D eigenvalue weighted by Gasteiger charge is 2.58. The van der Waals surface area contributed by atoms with Crippen LogP contribution in [0.3, 0.4) is 0 Å². The molecule has 4 bridgehead atoms. The Morgan fingerprint density at radius 3 is 2.45 bits per heavy atom. The van der Waals surface area contributed by atoms with Gasteiger partial charge in [-0.3, -0.25) is 4.79 Å². The lowest BCUT2D eigenvalue weighted by Crippen LogP contribution is -2.64. The van der Waals surface area contributed by atoms with Crippen LogP contribution in [0, 0.1) is 24.7 Å². The minimum absolute atomic E-state index is 0.0405. The summed E-state index contributed by atoms with van der Waals surface area (Å²) < 4.78 is 11.4. The number of rotatable bonds is 5. The summed E-state index contributed by atoms with van der Waals surface area (Å²) in [5.74, 6) is 1.46. The van der Waals surface area contributed by atoms with Crippen LogP contribution >= 0.6 is 11.6 Å². The maximum absolute atomic E-state index is 13.1. The van der Waals surface area contributed by atoms with Crippen LogP contribution in [0.5, 0.6) is 5.75 Å². The molecule has 4 fully saturated rings. The molecule has 0 aliphatic heterocycles. The van der Waals surface area contributed by atoms with Crippen molar-refractivity contribution < 1.29 is 24.2 Å². The number of carbonyl (C=O) groups is 2. The predicted molar refractivity (Wildman–Crippen MR) is 108 cm³/mol. The summed E-state index contributed by atoms with van der Waals surface area (Å²) in [7, 11) is 0. The van der Waals surface area contributed by atoms with E-state index < -0.39 is 17.4 Å². The van der Waals surface area contributed by atoms with Crippen molar-refractivity contribution in [1.82, 2.24) is 5.32 Å². The Balaban J connectivity index is 1.45. The van der Waals surface area contributed by atoms with Crippen molar-refractivity contribution in [3.63, 3.8) is 0 Å². The molecule has 0 saturated heterocycles. The van der Waals surface area contributed by atoms with Gasteiger partial charge >= 0.3 is 6.16 Å². The molecule has 158 valence electrons. The fraction of sp³-hybridized carbons (Fsp3) is 0.636. The van der Waals surface area contributed by atoms with E-state index in [-0.39, 0.29) is 23.8 Å². The van der Waals surface area contributed by atoms with Crippen molar-refractivity contribution in [3.05, 3.63) is 28.8 Å². The first-order chi connectivity index (χ1) is 13.6. The van der Waals surface area contributed by atoms with E-state index in [4.69, 9.17) is 26.2 Å². The van der Waals surface area contributed by atoms with E-state index in [9.17, 15) is 9.59 Å². The quantitative estimate of drug-likeness (QED) is 0.680. The second-order valence-corrected chi connectivity index (χ2v) is 9.98. The average Bonchev–Trinajstić information content (AvgIpc) is 2.58. The van der Waals surface area contributed by atoms with Crippen LogP contribution in [0.25, 0.3) is 0 Å². The van der Waals surface area contributed by atoms with Gasteiger partial charge in [-0.05, 0) is 94.4 Å². The second-order valence-electron chi connectivity index (χ2n) is 9.54. The van der Waals surface area contributed by atoms with Crippen molar-refractivity contribution in [3.8, 4) is 5.75 Å². The number of halogens is 1. The van der Waals surface area contributed by atoms with Crippen LogP contribution in [0.2, 0.25) is 5.02 Å². The Kier molecular flexibility index (Phi) is 4.96. The molecule has 0 aromatic heterocycles. The molecule has 0 heterocycles. The number of hydrogen-bond donors (Lipinski definition) is 2. The van der Waals surface area contributed by atoms with Gasteiger partial charge < -0.3 is 19.9 Å². The summed E-state index contributed by atoms with van der Waals surface area (Å²) in [6.07, 6.45) is 3.04. The summed E-state index contributed by atoms with van der Waals surface area (Å²) in [5, 5.41) is 13.0. The van der Waals surface area contributed by atoms with Crippen LogP contribution in [0.4, 0.5) is 4.79 Å². The minimum atomic E-state index is -1.19. The van der Waals surface area contributed by atoms with Crippen molar-refractivity contribution in [2.24, 2.45) is 17.8 Å². The Labute approximate surface area is 175 Å². The van der Waals surface area contributed by atoms with E-state index in [1.807, 2.05) is 13.0 Å². The highest BCUT2D eigenvalue weighted by Crippen LogP contribution is 2.57. The molecule has 0 radical (unpaired) electrons. The zero-order valence-electron chi connectivity index (χ0n) is 17.0. The van der Waals surface area contributed by atoms with Gasteiger partial charge in [0, 0.05) is 11.1 Å². The molecule has 2 N–H and O–H groups in total. The van der Waals surface area contributed by atoms with Gasteiger partial charge in [0.25, 0.3) is 5.91 Å². The van der Waals surface area contributed by atoms with Crippen molar-refractivity contribution in [1.29, 1.82) is 0 Å². The van der Waals surface area contributed by atoms with Gasteiger partial charge in [-0.25, -0.2) is 4.79 Å². The molecule has 0 spiro atoms. The van der Waals surface area contributed by atoms with E-state index in [0.717, 1.165) is 24.8 Å². The van der Waals surface area contributed by atoms with Gasteiger partial charge in [-0.2, -0.15) is 0 Å². The smallest absolute Gasteiger partial charge is 0.478 e. The molecule has 7 heteroatoms. The van der Waals surface area contributed by atoms with Crippen molar-refractivity contribution in [2.75, 3.05) is 0 Å². The third-order valence-corrected chi connectivity index (χ3v) is 7.10. The summed E-state index contributed by atoms with van der Waals surface area (Å²) in [6.45, 7) is 5.43. The molecule has 5 rings (SSSR count). The second kappa shape index (κ2) is 7.08. The van der Waals surface area contributed by atoms with E-state index in [0.29, 0.717) is 29.5 Å². The summed E-state index contributed by atoms with van der Waals surface area (Å²) in [5.41, 5.74) is -0.723. The Hall–Kier alpha value is -1.95. The van der Waals surface area contributed by atoms with E-state index in [1.165, 1.54) is 0 Å². The molecule has 6 nitrogen and oxygen atoms in total. The Morgan fingerprint density at radius 1 is 1.21 bits per heavy atom. The molecule has 4 saturated carbocycles. The Morgan fingerprint density at radius 2 is 1.86 bits per heavy atom. The third-order valence-electron chi connectivity index (χ3n) is 6.87. The van der Waals surface area contributed by atoms with Crippen LogP contribution < -0.4 is 10.1 Å². The van der Waals surface area contributed by atoms with Gasteiger partial charge in [0.15, 0.2) is 5.60 Å². The topological polar surface area (TPSA) is 84.9 Å². The van der Waals surface area contributed by atoms with Crippen molar-refractivity contribution >= 4 is 23.7 Å². The number of carbonyl (C=O) groups excluding carboxylic acids is 1. The van der Waals surface area contributed by atoms with E-state index in [1.54, 1.807) is 26.0 Å². The lowest BCUT2D eigenvalue weighted by Gasteiger charge is -2.58. The zero-order chi connectivity index (χ0) is 21.0. The lowest BCUT2D eigenvalue weighted by atomic mass is 9.52. The number of amides is 1. The lowest BCUT2D eigenvalue weighted by molar-refractivity contribution is -0.158. The van der Waals surface area contributed by atoms with E-state index >= 15 is 0 Å². The number of aryl methyl sites for hydroxylation is 1. The molecular weight excluding hydrogens is 394 g/mol. The molecule has 2 atom stereocenters. The van der Waals surface area contributed by atoms with Gasteiger partial charge in [-0.1, -0.05) is 11.6 Å². The number of hydrogen-bond acceptors (Lipinski definition) is 4. The molecule has 1 aromatic carbocycles. The van der Waals surface area contributed by atoms with Gasteiger partial charge in [0.2, 0.25) is 0 Å².